The third-order valence-electron chi connectivity index (χ3n) is 4.83. The molecule has 1 saturated heterocycles. The summed E-state index contributed by atoms with van der Waals surface area (Å²) in [5.74, 6) is 0. The van der Waals surface area contributed by atoms with Gasteiger partial charge in [0, 0.05) is 28.4 Å². The number of rotatable bonds is 4. The third kappa shape index (κ3) is 3.44. The smallest absolute Gasteiger partial charge is 0.0697 e. The van der Waals surface area contributed by atoms with Gasteiger partial charge in [-0.2, -0.15) is 0 Å². The van der Waals surface area contributed by atoms with Crippen molar-refractivity contribution < 1.29 is 4.74 Å². The molecule has 1 spiro atoms. The molecule has 1 aliphatic heterocycles. The van der Waals surface area contributed by atoms with Gasteiger partial charge in [0.25, 0.3) is 0 Å². The molecule has 0 bridgehead atoms. The minimum absolute atomic E-state index is 0.231. The number of hydrogen-bond acceptors (Lipinski definition) is 3. The molecule has 1 aromatic heterocycles. The summed E-state index contributed by atoms with van der Waals surface area (Å²) < 4.78 is 6.12. The first-order valence-electron chi connectivity index (χ1n) is 8.11. The Morgan fingerprint density at radius 3 is 2.90 bits per heavy atom. The topological polar surface area (TPSA) is 21.3 Å². The molecule has 0 amide bonds. The van der Waals surface area contributed by atoms with Crippen LogP contribution in [0, 0.1) is 6.92 Å². The molecule has 2 nitrogen and oxygen atoms in total. The van der Waals surface area contributed by atoms with Gasteiger partial charge >= 0.3 is 0 Å². The van der Waals surface area contributed by atoms with Crippen LogP contribution in [0.4, 0.5) is 0 Å². The zero-order valence-electron chi connectivity index (χ0n) is 12.8. The molecule has 2 heterocycles. The van der Waals surface area contributed by atoms with E-state index in [4.69, 9.17) is 4.74 Å². The van der Waals surface area contributed by atoms with Crippen LogP contribution in [0.5, 0.6) is 0 Å². The van der Waals surface area contributed by atoms with Crippen LogP contribution >= 0.6 is 11.3 Å². The summed E-state index contributed by atoms with van der Waals surface area (Å²) in [6, 6.07) is 5.72. The Balaban J connectivity index is 1.51. The Hall–Kier alpha value is -0.380. The predicted molar refractivity (Wildman–Crippen MR) is 85.5 cm³/mol. The second-order valence-corrected chi connectivity index (χ2v) is 8.08. The first kappa shape index (κ1) is 14.6. The third-order valence-corrected chi connectivity index (χ3v) is 5.85. The van der Waals surface area contributed by atoms with Crippen LogP contribution in [0.15, 0.2) is 12.1 Å². The van der Waals surface area contributed by atoms with Crippen LogP contribution in [0.25, 0.3) is 0 Å². The maximum atomic E-state index is 6.12. The van der Waals surface area contributed by atoms with Crippen molar-refractivity contribution >= 4 is 11.3 Å². The van der Waals surface area contributed by atoms with Crippen LogP contribution in [-0.4, -0.2) is 24.3 Å². The van der Waals surface area contributed by atoms with Gasteiger partial charge in [-0.25, -0.2) is 0 Å². The molecule has 2 fully saturated rings. The predicted octanol–water partition coefficient (Wildman–Crippen LogP) is 4.07. The van der Waals surface area contributed by atoms with Crippen LogP contribution in [-0.2, 0) is 11.2 Å². The summed E-state index contributed by atoms with van der Waals surface area (Å²) in [5, 5.41) is 3.85. The van der Waals surface area contributed by atoms with E-state index in [2.05, 4.69) is 31.3 Å². The van der Waals surface area contributed by atoms with E-state index in [1.807, 2.05) is 11.3 Å². The van der Waals surface area contributed by atoms with E-state index >= 15 is 0 Å². The SMILES string of the molecule is Cc1ccc(CC(C)NC2CCOC3(CCCC3)C2)s1. The van der Waals surface area contributed by atoms with Gasteiger partial charge in [-0.15, -0.1) is 11.3 Å². The maximum Gasteiger partial charge on any atom is 0.0697 e. The van der Waals surface area contributed by atoms with Crippen LogP contribution in [0.1, 0.15) is 55.2 Å². The van der Waals surface area contributed by atoms with E-state index in [9.17, 15) is 0 Å². The quantitative estimate of drug-likeness (QED) is 0.903. The highest BCUT2D eigenvalue weighted by molar-refractivity contribution is 7.11. The van der Waals surface area contributed by atoms with Gasteiger partial charge in [0.15, 0.2) is 0 Å². The van der Waals surface area contributed by atoms with Crippen molar-refractivity contribution in [1.29, 1.82) is 0 Å². The molecule has 0 radical (unpaired) electrons. The second-order valence-electron chi connectivity index (χ2n) is 6.71. The Morgan fingerprint density at radius 1 is 1.40 bits per heavy atom. The van der Waals surface area contributed by atoms with Crippen LogP contribution < -0.4 is 5.32 Å². The number of nitrogens with one attached hydrogen (secondary N) is 1. The monoisotopic (exact) mass is 293 g/mol. The molecule has 2 aliphatic rings. The van der Waals surface area contributed by atoms with E-state index in [1.165, 1.54) is 48.3 Å². The molecule has 2 atom stereocenters. The lowest BCUT2D eigenvalue weighted by atomic mass is 9.88. The van der Waals surface area contributed by atoms with E-state index in [0.717, 1.165) is 13.0 Å². The first-order chi connectivity index (χ1) is 9.65. The molecular formula is C17H27NOS. The zero-order chi connectivity index (χ0) is 14.0. The molecule has 2 unspecified atom stereocenters. The lowest BCUT2D eigenvalue weighted by Gasteiger charge is -2.39. The highest BCUT2D eigenvalue weighted by Gasteiger charge is 2.39. The number of thiophene rings is 1. The minimum Gasteiger partial charge on any atom is -0.375 e. The standard InChI is InChI=1S/C17H27NOS/c1-13(11-16-6-5-14(2)20-16)18-15-7-10-19-17(12-15)8-3-4-9-17/h5-6,13,15,18H,3-4,7-12H2,1-2H3. The normalized spacial score (nSPS) is 27.0. The molecule has 0 aromatic carbocycles. The average Bonchev–Trinajstić information content (AvgIpc) is 2.99. The van der Waals surface area contributed by atoms with Crippen molar-refractivity contribution in [2.75, 3.05) is 6.61 Å². The molecule has 1 aliphatic carbocycles. The molecule has 1 aromatic rings. The molecule has 20 heavy (non-hydrogen) atoms. The summed E-state index contributed by atoms with van der Waals surface area (Å²) in [5.41, 5.74) is 0.231. The number of aryl methyl sites for hydroxylation is 1. The molecule has 1 N–H and O–H groups in total. The Kier molecular flexibility index (Phi) is 4.49. The first-order valence-corrected chi connectivity index (χ1v) is 8.92. The summed E-state index contributed by atoms with van der Waals surface area (Å²) in [4.78, 5) is 2.92. The van der Waals surface area contributed by atoms with Crippen molar-refractivity contribution in [3.63, 3.8) is 0 Å². The molecule has 3 rings (SSSR count). The van der Waals surface area contributed by atoms with Crippen molar-refractivity contribution in [2.24, 2.45) is 0 Å². The van der Waals surface area contributed by atoms with E-state index in [0.29, 0.717) is 12.1 Å². The van der Waals surface area contributed by atoms with Crippen molar-refractivity contribution in [2.45, 2.75) is 76.5 Å². The Labute approximate surface area is 126 Å². The second kappa shape index (κ2) is 6.17. The molecule has 112 valence electrons. The van der Waals surface area contributed by atoms with Crippen molar-refractivity contribution in [1.82, 2.24) is 5.32 Å². The van der Waals surface area contributed by atoms with Gasteiger partial charge in [0.2, 0.25) is 0 Å². The van der Waals surface area contributed by atoms with Gasteiger partial charge in [-0.1, -0.05) is 12.8 Å². The van der Waals surface area contributed by atoms with Crippen LogP contribution in [0.2, 0.25) is 0 Å². The fourth-order valence-electron chi connectivity index (χ4n) is 3.90. The average molecular weight is 293 g/mol. The Bertz CT molecular complexity index is 436. The van der Waals surface area contributed by atoms with Gasteiger partial charge in [0.05, 0.1) is 5.60 Å². The largest absolute Gasteiger partial charge is 0.375 e. The summed E-state index contributed by atoms with van der Waals surface area (Å²) in [7, 11) is 0. The minimum atomic E-state index is 0.231. The van der Waals surface area contributed by atoms with Crippen molar-refractivity contribution in [3.05, 3.63) is 21.9 Å². The summed E-state index contributed by atoms with van der Waals surface area (Å²) in [6.07, 6.45) is 8.83. The molecule has 1 saturated carbocycles. The van der Waals surface area contributed by atoms with E-state index < -0.39 is 0 Å². The van der Waals surface area contributed by atoms with Gasteiger partial charge < -0.3 is 10.1 Å². The van der Waals surface area contributed by atoms with Crippen LogP contribution in [0.3, 0.4) is 0 Å². The van der Waals surface area contributed by atoms with Crippen molar-refractivity contribution in [3.8, 4) is 0 Å². The fourth-order valence-corrected chi connectivity index (χ4v) is 4.91. The van der Waals surface area contributed by atoms with E-state index in [-0.39, 0.29) is 5.60 Å². The number of ether oxygens (including phenoxy) is 1. The molecular weight excluding hydrogens is 266 g/mol. The Morgan fingerprint density at radius 2 is 2.20 bits per heavy atom. The van der Waals surface area contributed by atoms with Gasteiger partial charge in [-0.05, 0) is 58.1 Å². The highest BCUT2D eigenvalue weighted by Crippen LogP contribution is 2.40. The molecule has 3 heteroatoms. The van der Waals surface area contributed by atoms with Gasteiger partial charge in [-0.3, -0.25) is 0 Å². The van der Waals surface area contributed by atoms with Gasteiger partial charge in [0.1, 0.15) is 0 Å². The summed E-state index contributed by atoms with van der Waals surface area (Å²) >= 11 is 1.93. The highest BCUT2D eigenvalue weighted by atomic mass is 32.1. The lowest BCUT2D eigenvalue weighted by Crippen LogP contribution is -2.48. The zero-order valence-corrected chi connectivity index (χ0v) is 13.6. The number of hydrogen-bond donors (Lipinski definition) is 1. The fraction of sp³-hybridized carbons (Fsp3) is 0.765. The lowest BCUT2D eigenvalue weighted by molar-refractivity contribution is -0.0845. The maximum absolute atomic E-state index is 6.12. The van der Waals surface area contributed by atoms with E-state index in [1.54, 1.807) is 0 Å². The summed E-state index contributed by atoms with van der Waals surface area (Å²) in [6.45, 7) is 5.46.